The van der Waals surface area contributed by atoms with E-state index >= 15 is 0 Å². The van der Waals surface area contributed by atoms with E-state index in [1.54, 1.807) is 6.92 Å². The van der Waals surface area contributed by atoms with Crippen LogP contribution in [0, 0.1) is 56.7 Å². The van der Waals surface area contributed by atoms with Crippen LogP contribution in [0.25, 0.3) is 0 Å². The van der Waals surface area contributed by atoms with Crippen LogP contribution in [0.5, 0.6) is 0 Å². The molecule has 0 aromatic carbocycles. The van der Waals surface area contributed by atoms with E-state index in [1.165, 1.54) is 5.57 Å². The molecule has 43 heavy (non-hydrogen) atoms. The lowest BCUT2D eigenvalue weighted by atomic mass is 9.33. The predicted octanol–water partition coefficient (Wildman–Crippen LogP) is 5.94. The van der Waals surface area contributed by atoms with Crippen LogP contribution in [0.4, 0.5) is 0 Å². The van der Waals surface area contributed by atoms with E-state index in [4.69, 9.17) is 9.47 Å². The number of fused-ring (bicyclic) bond motifs is 7. The van der Waals surface area contributed by atoms with Gasteiger partial charge in [0.15, 0.2) is 6.29 Å². The summed E-state index contributed by atoms with van der Waals surface area (Å²) in [6.07, 6.45) is 5.71. The molecule has 0 radical (unpaired) electrons. The maximum atomic E-state index is 13.0. The Hall–Kier alpha value is -0.990. The van der Waals surface area contributed by atoms with Crippen molar-refractivity contribution in [2.75, 3.05) is 0 Å². The lowest BCUT2D eigenvalue weighted by molar-refractivity contribution is -0.324. The van der Waals surface area contributed by atoms with Crippen LogP contribution in [0.2, 0.25) is 0 Å². The van der Waals surface area contributed by atoms with Gasteiger partial charge in [0.25, 0.3) is 0 Å². The van der Waals surface area contributed by atoms with Crippen molar-refractivity contribution in [1.29, 1.82) is 0 Å². The number of rotatable bonds is 3. The number of aliphatic carboxylic acids is 1. The molecule has 15 atom stereocenters. The maximum Gasteiger partial charge on any atom is 0.310 e. The molecule has 0 aromatic heterocycles. The highest BCUT2D eigenvalue weighted by atomic mass is 16.7. The summed E-state index contributed by atoms with van der Waals surface area (Å²) in [4.78, 5) is 13.0. The van der Waals surface area contributed by atoms with Gasteiger partial charge in [0.2, 0.25) is 0 Å². The van der Waals surface area contributed by atoms with E-state index in [0.29, 0.717) is 23.7 Å². The molecule has 4 saturated carbocycles. The SMILES string of the molecule is C[C@H]1[C@H](C)CC[C@]2(C(=O)O)CC[C@]3(C)C(=CC[C@@H]4[C@@]5(C)CC[C@H](O[C@H]6O[C@H](C)[C@@H](O)[C@H](O)[C@@H]6O)C(C)(C)[C@@H]5CC[C@]43C)[C@H]12. The van der Waals surface area contributed by atoms with Crippen molar-refractivity contribution in [3.8, 4) is 0 Å². The Morgan fingerprint density at radius 2 is 1.56 bits per heavy atom. The Labute approximate surface area is 258 Å². The molecule has 4 N–H and O–H groups in total. The van der Waals surface area contributed by atoms with Crippen molar-refractivity contribution in [1.82, 2.24) is 0 Å². The van der Waals surface area contributed by atoms with Gasteiger partial charge in [0.1, 0.15) is 18.3 Å². The highest BCUT2D eigenvalue weighted by molar-refractivity contribution is 5.76. The Morgan fingerprint density at radius 3 is 2.23 bits per heavy atom. The van der Waals surface area contributed by atoms with Crippen molar-refractivity contribution in [2.24, 2.45) is 56.7 Å². The van der Waals surface area contributed by atoms with E-state index in [2.05, 4.69) is 54.5 Å². The van der Waals surface area contributed by atoms with E-state index in [-0.39, 0.29) is 33.7 Å². The number of allylic oxidation sites excluding steroid dienone is 2. The van der Waals surface area contributed by atoms with Gasteiger partial charge in [-0.25, -0.2) is 0 Å². The van der Waals surface area contributed by atoms with Crippen molar-refractivity contribution in [2.45, 2.75) is 150 Å². The van der Waals surface area contributed by atoms with Crippen LogP contribution in [-0.2, 0) is 14.3 Å². The molecule has 1 aliphatic heterocycles. The lowest BCUT2D eigenvalue weighted by Crippen LogP contribution is -2.66. The smallest absolute Gasteiger partial charge is 0.310 e. The highest BCUT2D eigenvalue weighted by Gasteiger charge is 2.69. The number of carbonyl (C=O) groups is 1. The minimum Gasteiger partial charge on any atom is -0.481 e. The van der Waals surface area contributed by atoms with Crippen molar-refractivity contribution in [3.63, 3.8) is 0 Å². The van der Waals surface area contributed by atoms with Crippen LogP contribution >= 0.6 is 0 Å². The third kappa shape index (κ3) is 4.19. The average Bonchev–Trinajstić information content (AvgIpc) is 2.94. The molecule has 7 heteroatoms. The quantitative estimate of drug-likeness (QED) is 0.233. The first-order chi connectivity index (χ1) is 20.0. The van der Waals surface area contributed by atoms with E-state index < -0.39 is 42.1 Å². The molecule has 1 saturated heterocycles. The molecule has 0 spiro atoms. The zero-order valence-corrected chi connectivity index (χ0v) is 27.8. The van der Waals surface area contributed by atoms with Gasteiger partial charge in [-0.1, -0.05) is 60.1 Å². The minimum absolute atomic E-state index is 0.0104. The summed E-state index contributed by atoms with van der Waals surface area (Å²) in [6, 6.07) is 0. The first-order valence-corrected chi connectivity index (χ1v) is 17.2. The third-order valence-corrected chi connectivity index (χ3v) is 15.5. The second kappa shape index (κ2) is 10.3. The Balaban J connectivity index is 1.30. The van der Waals surface area contributed by atoms with Crippen LogP contribution in [0.3, 0.4) is 0 Å². The number of aliphatic hydroxyl groups is 3. The standard InChI is InChI=1S/C36H58O7/c1-19-11-16-36(31(40)41)18-17-34(7)22(26(36)20(19)2)9-10-24-33(6)14-13-25(32(4,5)23(33)12-15-35(24,34)8)43-30-29(39)28(38)27(37)21(3)42-30/h9,19-21,23-30,37-39H,10-18H2,1-8H3,(H,40,41)/t19-,20+,21-,23+,24-,25+,26+,27-,28+,29+,30-,33+,34-,35-,36+/m1/s1. The summed E-state index contributed by atoms with van der Waals surface area (Å²) < 4.78 is 12.4. The Kier molecular flexibility index (Phi) is 7.62. The zero-order valence-electron chi connectivity index (χ0n) is 27.8. The Bertz CT molecular complexity index is 1150. The molecule has 6 rings (SSSR count). The number of hydrogen-bond acceptors (Lipinski definition) is 6. The molecule has 5 fully saturated rings. The summed E-state index contributed by atoms with van der Waals surface area (Å²) in [5, 5.41) is 41.9. The van der Waals surface area contributed by atoms with Gasteiger partial charge < -0.3 is 29.9 Å². The molecule has 0 bridgehead atoms. The average molecular weight is 603 g/mol. The summed E-state index contributed by atoms with van der Waals surface area (Å²) in [5.74, 6) is 1.36. The molecule has 7 nitrogen and oxygen atoms in total. The maximum absolute atomic E-state index is 13.0. The summed E-state index contributed by atoms with van der Waals surface area (Å²) in [5.41, 5.74) is 0.856. The Morgan fingerprint density at radius 1 is 0.860 bits per heavy atom. The van der Waals surface area contributed by atoms with Gasteiger partial charge in [-0.2, -0.15) is 0 Å². The summed E-state index contributed by atoms with van der Waals surface area (Å²) >= 11 is 0. The molecule has 0 aromatic rings. The first kappa shape index (κ1) is 32.0. The monoisotopic (exact) mass is 602 g/mol. The first-order valence-electron chi connectivity index (χ1n) is 17.2. The number of hydrogen-bond donors (Lipinski definition) is 4. The predicted molar refractivity (Wildman–Crippen MR) is 164 cm³/mol. The number of ether oxygens (including phenoxy) is 2. The second-order valence-corrected chi connectivity index (χ2v) is 17.3. The van der Waals surface area contributed by atoms with Crippen LogP contribution in [0.1, 0.15) is 113 Å². The summed E-state index contributed by atoms with van der Waals surface area (Å²) in [7, 11) is 0. The fourth-order valence-electron chi connectivity index (χ4n) is 12.4. The largest absolute Gasteiger partial charge is 0.481 e. The minimum atomic E-state index is -1.30. The fraction of sp³-hybridized carbons (Fsp3) is 0.917. The van der Waals surface area contributed by atoms with Crippen molar-refractivity contribution in [3.05, 3.63) is 11.6 Å². The van der Waals surface area contributed by atoms with Gasteiger partial charge in [-0.15, -0.1) is 0 Å². The lowest BCUT2D eigenvalue weighted by Gasteiger charge is -2.71. The molecular formula is C36H58O7. The number of carboxylic acid groups (broad SMARTS) is 1. The van der Waals surface area contributed by atoms with E-state index in [1.807, 2.05) is 0 Å². The molecule has 5 aliphatic carbocycles. The fourth-order valence-corrected chi connectivity index (χ4v) is 12.4. The topological polar surface area (TPSA) is 116 Å². The molecule has 0 amide bonds. The van der Waals surface area contributed by atoms with E-state index in [9.17, 15) is 25.2 Å². The normalized spacial score (nSPS) is 56.1. The van der Waals surface area contributed by atoms with Gasteiger partial charge in [-0.3, -0.25) is 4.79 Å². The zero-order chi connectivity index (χ0) is 31.5. The van der Waals surface area contributed by atoms with Crippen molar-refractivity contribution >= 4 is 5.97 Å². The van der Waals surface area contributed by atoms with Gasteiger partial charge in [-0.05, 0) is 116 Å². The molecule has 6 aliphatic rings. The van der Waals surface area contributed by atoms with Crippen molar-refractivity contribution < 1.29 is 34.7 Å². The number of carboxylic acids is 1. The molecular weight excluding hydrogens is 544 g/mol. The molecule has 1 heterocycles. The second-order valence-electron chi connectivity index (χ2n) is 17.3. The molecule has 244 valence electrons. The van der Waals surface area contributed by atoms with Gasteiger partial charge in [0.05, 0.1) is 17.6 Å². The van der Waals surface area contributed by atoms with Crippen LogP contribution < -0.4 is 0 Å². The number of aliphatic hydroxyl groups excluding tert-OH is 3. The molecule has 0 unspecified atom stereocenters. The third-order valence-electron chi connectivity index (χ3n) is 15.5. The van der Waals surface area contributed by atoms with Crippen LogP contribution in [0.15, 0.2) is 11.6 Å². The van der Waals surface area contributed by atoms with E-state index in [0.717, 1.165) is 57.8 Å². The summed E-state index contributed by atoms with van der Waals surface area (Å²) in [6.45, 7) is 18.5. The van der Waals surface area contributed by atoms with Gasteiger partial charge in [0, 0.05) is 0 Å². The highest BCUT2D eigenvalue weighted by Crippen LogP contribution is 2.76. The van der Waals surface area contributed by atoms with Crippen LogP contribution in [-0.4, -0.2) is 63.2 Å². The van der Waals surface area contributed by atoms with Gasteiger partial charge >= 0.3 is 5.97 Å².